The number of carbonyl (C=O) groups excluding carboxylic acids is 7. The summed E-state index contributed by atoms with van der Waals surface area (Å²) in [5.74, 6) is -3.64. The minimum Gasteiger partial charge on any atom is -0.480 e. The van der Waals surface area contributed by atoms with E-state index in [9.17, 15) is 43.5 Å². The Bertz CT molecular complexity index is 1170. The summed E-state index contributed by atoms with van der Waals surface area (Å²) in [5, 5.41) is 17.9. The van der Waals surface area contributed by atoms with Crippen molar-refractivity contribution in [1.29, 1.82) is 0 Å². The molecule has 18 nitrogen and oxygen atoms in total. The van der Waals surface area contributed by atoms with Crippen LogP contribution in [-0.2, 0) is 62.1 Å². The number of hydrogen-bond donors (Lipinski definition) is 4. The summed E-state index contributed by atoms with van der Waals surface area (Å²) in [7, 11) is 0. The number of carboxylic acid groups (broad SMARTS) is 1. The van der Waals surface area contributed by atoms with E-state index in [1.807, 2.05) is 0 Å². The molecule has 0 spiro atoms. The molecular formula is C39H66N4O14. The first-order valence-electron chi connectivity index (χ1n) is 20.5. The zero-order chi connectivity index (χ0) is 41.8. The predicted molar refractivity (Wildman–Crippen MR) is 205 cm³/mol. The number of hydroxylamine groups is 2. The van der Waals surface area contributed by atoms with Crippen molar-refractivity contribution < 1.29 is 67.2 Å². The van der Waals surface area contributed by atoms with Crippen molar-refractivity contribution in [3.8, 4) is 0 Å². The molecule has 0 aromatic carbocycles. The van der Waals surface area contributed by atoms with Crippen LogP contribution in [0.1, 0.15) is 128 Å². The summed E-state index contributed by atoms with van der Waals surface area (Å²) in [6.07, 6.45) is 15.6. The molecular weight excluding hydrogens is 748 g/mol. The summed E-state index contributed by atoms with van der Waals surface area (Å²) >= 11 is 0. The Kier molecular flexibility index (Phi) is 31.5. The largest absolute Gasteiger partial charge is 0.480 e. The first kappa shape index (κ1) is 51.0. The normalized spacial score (nSPS) is 13.0. The smallest absolute Gasteiger partial charge is 0.333 e. The van der Waals surface area contributed by atoms with E-state index in [-0.39, 0.29) is 95.8 Å². The lowest BCUT2D eigenvalue weighted by atomic mass is 10.0. The molecule has 0 radical (unpaired) electrons. The maximum absolute atomic E-state index is 12.3. The van der Waals surface area contributed by atoms with Crippen LogP contribution < -0.4 is 16.0 Å². The van der Waals surface area contributed by atoms with Crippen molar-refractivity contribution in [2.75, 3.05) is 65.9 Å². The first-order valence-corrected chi connectivity index (χ1v) is 20.5. The molecule has 4 N–H and O–H groups in total. The number of carboxylic acids is 1. The minimum atomic E-state index is -1.19. The fourth-order valence-corrected chi connectivity index (χ4v) is 5.68. The Morgan fingerprint density at radius 2 is 1.07 bits per heavy atom. The summed E-state index contributed by atoms with van der Waals surface area (Å²) in [4.78, 5) is 97.6. The zero-order valence-electron chi connectivity index (χ0n) is 33.6. The Hall–Kier alpha value is -4.00. The van der Waals surface area contributed by atoms with Gasteiger partial charge in [0.05, 0.1) is 39.6 Å². The van der Waals surface area contributed by atoms with E-state index in [1.54, 1.807) is 0 Å². The Morgan fingerprint density at radius 1 is 0.596 bits per heavy atom. The van der Waals surface area contributed by atoms with Crippen molar-refractivity contribution in [1.82, 2.24) is 21.0 Å². The molecule has 0 unspecified atom stereocenters. The number of amides is 5. The first-order chi connectivity index (χ1) is 27.6. The molecule has 0 aromatic heterocycles. The van der Waals surface area contributed by atoms with Gasteiger partial charge in [-0.3, -0.25) is 24.0 Å². The van der Waals surface area contributed by atoms with E-state index in [0.717, 1.165) is 51.4 Å². The van der Waals surface area contributed by atoms with Gasteiger partial charge in [0, 0.05) is 45.2 Å². The number of unbranched alkanes of at least 4 members (excludes halogenated alkanes) is 13. The average molecular weight is 815 g/mol. The van der Waals surface area contributed by atoms with Gasteiger partial charge in [-0.05, 0) is 19.3 Å². The van der Waals surface area contributed by atoms with Crippen LogP contribution in [0.4, 0.5) is 0 Å². The minimum absolute atomic E-state index is 0.0238. The van der Waals surface area contributed by atoms with Crippen LogP contribution in [0.2, 0.25) is 0 Å². The van der Waals surface area contributed by atoms with Crippen LogP contribution in [0.3, 0.4) is 0 Å². The zero-order valence-corrected chi connectivity index (χ0v) is 33.6. The van der Waals surface area contributed by atoms with Gasteiger partial charge >= 0.3 is 11.9 Å². The van der Waals surface area contributed by atoms with Gasteiger partial charge in [0.25, 0.3) is 11.8 Å². The van der Waals surface area contributed by atoms with E-state index in [0.29, 0.717) is 50.6 Å². The molecule has 57 heavy (non-hydrogen) atoms. The van der Waals surface area contributed by atoms with Crippen LogP contribution in [-0.4, -0.2) is 130 Å². The fraction of sp³-hybridized carbons (Fsp3) is 0.795. The second-order valence-electron chi connectivity index (χ2n) is 13.7. The Labute approximate surface area is 336 Å². The monoisotopic (exact) mass is 814 g/mol. The Morgan fingerprint density at radius 3 is 1.60 bits per heavy atom. The molecule has 1 fully saturated rings. The van der Waals surface area contributed by atoms with Crippen molar-refractivity contribution in [2.24, 2.45) is 0 Å². The molecule has 5 amide bonds. The molecule has 0 saturated carbocycles. The SMILES string of the molecule is O=CCOCCOCCNC(=O)COCCOCCNC(=O)CC[C@H](NC(=O)CCCCCCCCCCCCCCCCC(=O)ON1C(=O)CCC1=O)C(=O)O. The van der Waals surface area contributed by atoms with Crippen LogP contribution in [0.15, 0.2) is 0 Å². The standard InChI is InChI=1S/C39H66N4O14/c44-23-26-55-28-27-53-25-22-41-35(47)31-56-30-29-54-24-21-40-33(45)18-17-32(39(51)52)42-34(46)15-13-11-9-7-5-3-1-2-4-6-8-10-12-14-16-38(50)57-43-36(48)19-20-37(43)49/h23,32H,1-22,24-31H2,(H,40,45)(H,41,47)(H,42,46)(H,51,52)/t32-/m0/s1. The summed E-state index contributed by atoms with van der Waals surface area (Å²) in [6.45, 7) is 1.93. The average Bonchev–Trinajstić information content (AvgIpc) is 3.50. The fourth-order valence-electron chi connectivity index (χ4n) is 5.68. The molecule has 1 heterocycles. The molecule has 1 aliphatic rings. The van der Waals surface area contributed by atoms with Gasteiger partial charge in [-0.25, -0.2) is 9.59 Å². The lowest BCUT2D eigenvalue weighted by Gasteiger charge is -2.14. The highest BCUT2D eigenvalue weighted by Gasteiger charge is 2.32. The van der Waals surface area contributed by atoms with Crippen molar-refractivity contribution in [3.05, 3.63) is 0 Å². The molecule has 0 aliphatic carbocycles. The van der Waals surface area contributed by atoms with Crippen molar-refractivity contribution in [2.45, 2.75) is 134 Å². The van der Waals surface area contributed by atoms with Crippen LogP contribution in [0.5, 0.6) is 0 Å². The van der Waals surface area contributed by atoms with E-state index in [2.05, 4.69) is 16.0 Å². The number of nitrogens with zero attached hydrogens (tertiary/aromatic N) is 1. The highest BCUT2D eigenvalue weighted by molar-refractivity contribution is 6.01. The number of hydrogen-bond acceptors (Lipinski definition) is 13. The highest BCUT2D eigenvalue weighted by atomic mass is 16.7. The maximum atomic E-state index is 12.3. The highest BCUT2D eigenvalue weighted by Crippen LogP contribution is 2.16. The molecule has 1 rings (SSSR count). The molecule has 1 atom stereocenters. The summed E-state index contributed by atoms with van der Waals surface area (Å²) < 4.78 is 20.8. The molecule has 1 aliphatic heterocycles. The molecule has 18 heteroatoms. The lowest BCUT2D eigenvalue weighted by molar-refractivity contribution is -0.197. The van der Waals surface area contributed by atoms with Gasteiger partial charge in [-0.15, -0.1) is 5.06 Å². The van der Waals surface area contributed by atoms with Crippen molar-refractivity contribution in [3.63, 3.8) is 0 Å². The number of aldehydes is 1. The van der Waals surface area contributed by atoms with Crippen molar-refractivity contribution >= 4 is 47.8 Å². The maximum Gasteiger partial charge on any atom is 0.333 e. The van der Waals surface area contributed by atoms with Crippen LogP contribution in [0, 0.1) is 0 Å². The van der Waals surface area contributed by atoms with Gasteiger partial charge in [0.15, 0.2) is 0 Å². The second-order valence-corrected chi connectivity index (χ2v) is 13.7. The van der Waals surface area contributed by atoms with E-state index in [4.69, 9.17) is 23.8 Å². The topological polar surface area (TPSA) is 242 Å². The van der Waals surface area contributed by atoms with Gasteiger partial charge in [0.1, 0.15) is 25.5 Å². The quantitative estimate of drug-likeness (QED) is 0.0397. The number of imide groups is 1. The Balaban J connectivity index is 1.90. The third-order valence-electron chi connectivity index (χ3n) is 8.83. The van der Waals surface area contributed by atoms with Gasteiger partial charge in [-0.2, -0.15) is 0 Å². The van der Waals surface area contributed by atoms with Gasteiger partial charge in [0.2, 0.25) is 17.7 Å². The molecule has 0 bridgehead atoms. The number of aliphatic carboxylic acids is 1. The predicted octanol–water partition coefficient (Wildman–Crippen LogP) is 2.68. The lowest BCUT2D eigenvalue weighted by Crippen LogP contribution is -2.41. The molecule has 326 valence electrons. The third-order valence-corrected chi connectivity index (χ3v) is 8.83. The summed E-state index contributed by atoms with van der Waals surface area (Å²) in [5.41, 5.74) is 0. The van der Waals surface area contributed by atoms with E-state index in [1.165, 1.54) is 25.7 Å². The number of nitrogens with one attached hydrogen (secondary N) is 3. The van der Waals surface area contributed by atoms with Gasteiger partial charge < -0.3 is 49.6 Å². The summed E-state index contributed by atoms with van der Waals surface area (Å²) in [6, 6.07) is -1.14. The number of carbonyl (C=O) groups is 8. The van der Waals surface area contributed by atoms with Crippen LogP contribution >= 0.6 is 0 Å². The van der Waals surface area contributed by atoms with E-state index >= 15 is 0 Å². The van der Waals surface area contributed by atoms with Crippen LogP contribution in [0.25, 0.3) is 0 Å². The molecule has 1 saturated heterocycles. The number of ether oxygens (including phenoxy) is 4. The van der Waals surface area contributed by atoms with Gasteiger partial charge in [-0.1, -0.05) is 77.0 Å². The number of rotatable bonds is 39. The second kappa shape index (κ2) is 35.2. The van der Waals surface area contributed by atoms with E-state index < -0.39 is 29.8 Å². The third kappa shape index (κ3) is 29.8. The molecule has 0 aromatic rings.